The number of nitrogens with one attached hydrogen (secondary N) is 2. The number of halogens is 2. The first kappa shape index (κ1) is 20.2. The van der Waals surface area contributed by atoms with Gasteiger partial charge in [-0.3, -0.25) is 15.1 Å². The van der Waals surface area contributed by atoms with Crippen LogP contribution in [0.1, 0.15) is 11.1 Å². The van der Waals surface area contributed by atoms with Gasteiger partial charge in [0.15, 0.2) is 5.96 Å². The van der Waals surface area contributed by atoms with Gasteiger partial charge in [-0.1, -0.05) is 48.0 Å². The van der Waals surface area contributed by atoms with Crippen molar-refractivity contribution in [3.05, 3.63) is 74.8 Å². The van der Waals surface area contributed by atoms with Crippen molar-refractivity contribution in [1.29, 1.82) is 0 Å². The molecule has 2 aromatic carbocycles. The summed E-state index contributed by atoms with van der Waals surface area (Å²) in [6, 6.07) is 14.1. The lowest BCUT2D eigenvalue weighted by atomic mass is 10.2. The van der Waals surface area contributed by atoms with Gasteiger partial charge in [0.05, 0.1) is 4.92 Å². The number of nitro groups is 1. The minimum atomic E-state index is -0.392. The summed E-state index contributed by atoms with van der Waals surface area (Å²) in [4.78, 5) is 14.7. The van der Waals surface area contributed by atoms with Crippen molar-refractivity contribution in [3.63, 3.8) is 0 Å². The highest BCUT2D eigenvalue weighted by molar-refractivity contribution is 14.0. The van der Waals surface area contributed by atoms with Crippen molar-refractivity contribution in [2.45, 2.75) is 13.1 Å². The summed E-state index contributed by atoms with van der Waals surface area (Å²) in [6.45, 7) is 0.815. The van der Waals surface area contributed by atoms with Crippen LogP contribution in [0.2, 0.25) is 5.02 Å². The van der Waals surface area contributed by atoms with Gasteiger partial charge in [-0.2, -0.15) is 0 Å². The molecule has 0 aromatic heterocycles. The van der Waals surface area contributed by atoms with Crippen LogP contribution in [0.5, 0.6) is 0 Å². The summed E-state index contributed by atoms with van der Waals surface area (Å²) >= 11 is 6.10. The van der Waals surface area contributed by atoms with E-state index in [1.165, 1.54) is 6.07 Å². The third kappa shape index (κ3) is 5.64. The normalized spacial score (nSPS) is 10.7. The van der Waals surface area contributed by atoms with Crippen LogP contribution in [0, 0.1) is 10.1 Å². The number of para-hydroxylation sites is 1. The molecule has 0 fully saturated rings. The Morgan fingerprint density at radius 3 is 2.21 bits per heavy atom. The lowest BCUT2D eigenvalue weighted by Crippen LogP contribution is -2.36. The highest BCUT2D eigenvalue weighted by atomic mass is 127. The van der Waals surface area contributed by atoms with Crippen LogP contribution in [-0.2, 0) is 13.1 Å². The van der Waals surface area contributed by atoms with Crippen molar-refractivity contribution < 1.29 is 4.92 Å². The molecule has 0 unspecified atom stereocenters. The van der Waals surface area contributed by atoms with Crippen LogP contribution >= 0.6 is 35.6 Å². The molecule has 2 N–H and O–H groups in total. The number of nitrogens with zero attached hydrogens (tertiary/aromatic N) is 2. The Morgan fingerprint density at radius 1 is 1.08 bits per heavy atom. The molecule has 0 aliphatic heterocycles. The number of guanidine groups is 1. The number of nitro benzene ring substituents is 1. The summed E-state index contributed by atoms with van der Waals surface area (Å²) in [5, 5.41) is 17.9. The van der Waals surface area contributed by atoms with Gasteiger partial charge in [0.1, 0.15) is 0 Å². The van der Waals surface area contributed by atoms with Crippen molar-refractivity contribution in [2.75, 3.05) is 7.05 Å². The summed E-state index contributed by atoms with van der Waals surface area (Å²) < 4.78 is 0. The summed E-state index contributed by atoms with van der Waals surface area (Å²) in [7, 11) is 1.64. The number of hydrogen-bond donors (Lipinski definition) is 2. The fourth-order valence-corrected chi connectivity index (χ4v) is 2.26. The average molecular weight is 461 g/mol. The van der Waals surface area contributed by atoms with Crippen molar-refractivity contribution in [2.24, 2.45) is 4.99 Å². The Kier molecular flexibility index (Phi) is 8.48. The maximum Gasteiger partial charge on any atom is 0.274 e. The van der Waals surface area contributed by atoms with Crippen LogP contribution in [0.25, 0.3) is 0 Å². The van der Waals surface area contributed by atoms with E-state index in [1.54, 1.807) is 25.2 Å². The Bertz CT molecular complexity index is 725. The second-order valence-electron chi connectivity index (χ2n) is 4.76. The molecule has 0 bridgehead atoms. The van der Waals surface area contributed by atoms with Crippen molar-refractivity contribution in [3.8, 4) is 0 Å². The number of rotatable bonds is 5. The van der Waals surface area contributed by atoms with Gasteiger partial charge >= 0.3 is 0 Å². The largest absolute Gasteiger partial charge is 0.352 e. The van der Waals surface area contributed by atoms with E-state index in [4.69, 9.17) is 11.6 Å². The molecular formula is C16H18ClIN4O2. The molecule has 8 heteroatoms. The van der Waals surface area contributed by atoms with Crippen LogP contribution in [0.15, 0.2) is 53.5 Å². The molecule has 0 aliphatic carbocycles. The maximum absolute atomic E-state index is 11.0. The molecule has 0 atom stereocenters. The predicted molar refractivity (Wildman–Crippen MR) is 107 cm³/mol. The van der Waals surface area contributed by atoms with E-state index < -0.39 is 4.92 Å². The third-order valence-corrected chi connectivity index (χ3v) is 3.63. The fraction of sp³-hybridized carbons (Fsp3) is 0.188. The van der Waals surface area contributed by atoms with E-state index in [-0.39, 0.29) is 29.7 Å². The molecule has 24 heavy (non-hydrogen) atoms. The van der Waals surface area contributed by atoms with E-state index >= 15 is 0 Å². The highest BCUT2D eigenvalue weighted by Crippen LogP contribution is 2.17. The lowest BCUT2D eigenvalue weighted by molar-refractivity contribution is -0.385. The van der Waals surface area contributed by atoms with Gasteiger partial charge in [0.25, 0.3) is 5.69 Å². The maximum atomic E-state index is 11.0. The van der Waals surface area contributed by atoms with Crippen LogP contribution < -0.4 is 10.6 Å². The summed E-state index contributed by atoms with van der Waals surface area (Å²) in [6.07, 6.45) is 0. The zero-order valence-corrected chi connectivity index (χ0v) is 16.1. The molecule has 6 nitrogen and oxygen atoms in total. The van der Waals surface area contributed by atoms with Crippen LogP contribution in [0.3, 0.4) is 0 Å². The Hall–Kier alpha value is -1.87. The van der Waals surface area contributed by atoms with E-state index in [1.807, 2.05) is 24.3 Å². The van der Waals surface area contributed by atoms with Gasteiger partial charge in [-0.05, 0) is 11.6 Å². The molecule has 0 heterocycles. The molecule has 0 saturated carbocycles. The van der Waals surface area contributed by atoms with E-state index in [0.29, 0.717) is 29.6 Å². The predicted octanol–water partition coefficient (Wildman–Crippen LogP) is 3.73. The first-order chi connectivity index (χ1) is 11.1. The average Bonchev–Trinajstić information content (AvgIpc) is 2.56. The highest BCUT2D eigenvalue weighted by Gasteiger charge is 2.12. The molecule has 0 spiro atoms. The molecule has 0 saturated heterocycles. The number of aliphatic imine (C=N–C) groups is 1. The molecule has 0 aliphatic rings. The molecule has 0 amide bonds. The zero-order chi connectivity index (χ0) is 16.7. The molecule has 2 aromatic rings. The van der Waals surface area contributed by atoms with Gasteiger partial charge in [0, 0.05) is 36.8 Å². The van der Waals surface area contributed by atoms with Gasteiger partial charge < -0.3 is 10.6 Å². The smallest absolute Gasteiger partial charge is 0.274 e. The van der Waals surface area contributed by atoms with Crippen LogP contribution in [-0.4, -0.2) is 17.9 Å². The van der Waals surface area contributed by atoms with E-state index in [2.05, 4.69) is 15.6 Å². The first-order valence-corrected chi connectivity index (χ1v) is 7.40. The quantitative estimate of drug-likeness (QED) is 0.234. The zero-order valence-electron chi connectivity index (χ0n) is 13.0. The molecular weight excluding hydrogens is 443 g/mol. The number of benzene rings is 2. The summed E-state index contributed by atoms with van der Waals surface area (Å²) in [5.41, 5.74) is 1.63. The minimum Gasteiger partial charge on any atom is -0.352 e. The van der Waals surface area contributed by atoms with Crippen molar-refractivity contribution >= 4 is 47.2 Å². The topological polar surface area (TPSA) is 79.6 Å². The monoisotopic (exact) mass is 460 g/mol. The number of hydrogen-bond acceptors (Lipinski definition) is 3. The van der Waals surface area contributed by atoms with Crippen molar-refractivity contribution in [1.82, 2.24) is 10.6 Å². The third-order valence-electron chi connectivity index (χ3n) is 3.26. The van der Waals surface area contributed by atoms with Crippen LogP contribution in [0.4, 0.5) is 5.69 Å². The Labute approximate surface area is 162 Å². The van der Waals surface area contributed by atoms with Gasteiger partial charge in [0.2, 0.25) is 0 Å². The lowest BCUT2D eigenvalue weighted by Gasteiger charge is -2.12. The molecule has 128 valence electrons. The van der Waals surface area contributed by atoms with E-state index in [9.17, 15) is 10.1 Å². The van der Waals surface area contributed by atoms with E-state index in [0.717, 1.165) is 5.56 Å². The Morgan fingerprint density at radius 2 is 1.62 bits per heavy atom. The SMILES string of the molecule is CN=C(NCc1ccccc1Cl)NCc1ccccc1[N+](=O)[O-].I. The molecule has 2 rings (SSSR count). The standard InChI is InChI=1S/C16H17ClN4O2.HI/c1-18-16(19-10-12-6-2-4-8-14(12)17)20-11-13-7-3-5-9-15(13)21(22)23;/h2-9H,10-11H2,1H3,(H2,18,19,20);1H. The van der Waals surface area contributed by atoms with Gasteiger partial charge in [-0.15, -0.1) is 24.0 Å². The second-order valence-corrected chi connectivity index (χ2v) is 5.16. The second kappa shape index (κ2) is 10.1. The molecule has 0 radical (unpaired) electrons. The minimum absolute atomic E-state index is 0. The summed E-state index contributed by atoms with van der Waals surface area (Å²) in [5.74, 6) is 0.545. The first-order valence-electron chi connectivity index (χ1n) is 7.02. The fourth-order valence-electron chi connectivity index (χ4n) is 2.06. The van der Waals surface area contributed by atoms with Gasteiger partial charge in [-0.25, -0.2) is 0 Å². The Balaban J connectivity index is 0.00000288.